The number of nitrogens with zero attached hydrogens (tertiary/aromatic N) is 3. The molecule has 2 aromatic rings. The van der Waals surface area contributed by atoms with Gasteiger partial charge in [-0.05, 0) is 31.5 Å². The van der Waals surface area contributed by atoms with E-state index in [1.807, 2.05) is 48.7 Å². The largest absolute Gasteiger partial charge is 0.454 e. The van der Waals surface area contributed by atoms with Crippen molar-refractivity contribution in [3.05, 3.63) is 40.7 Å². The first-order chi connectivity index (χ1) is 13.0. The van der Waals surface area contributed by atoms with Gasteiger partial charge in [-0.25, -0.2) is 4.79 Å². The van der Waals surface area contributed by atoms with Crippen molar-refractivity contribution in [1.82, 2.24) is 20.0 Å². The fraction of sp³-hybridized carbons (Fsp3) is 0.474. The van der Waals surface area contributed by atoms with Crippen LogP contribution in [0.3, 0.4) is 0 Å². The summed E-state index contributed by atoms with van der Waals surface area (Å²) < 4.78 is 18.2. The molecule has 1 aromatic heterocycles. The molecule has 8 heteroatoms. The van der Waals surface area contributed by atoms with Crippen LogP contribution in [0.25, 0.3) is 0 Å². The lowest BCUT2D eigenvalue weighted by Crippen LogP contribution is -2.48. The fourth-order valence-corrected chi connectivity index (χ4v) is 3.69. The number of ether oxygens (including phenoxy) is 3. The highest BCUT2D eigenvalue weighted by molar-refractivity contribution is 5.75. The molecule has 0 unspecified atom stereocenters. The third kappa shape index (κ3) is 3.32. The summed E-state index contributed by atoms with van der Waals surface area (Å²) >= 11 is 0. The SMILES string of the molecule is Cc1nn(C)c(C)c1[C@H]1COCCN1C(=O)NCc1ccc2c(c1)OCO2. The molecule has 8 nitrogen and oxygen atoms in total. The van der Waals surface area contributed by atoms with E-state index in [9.17, 15) is 4.79 Å². The summed E-state index contributed by atoms with van der Waals surface area (Å²) in [6, 6.07) is 5.45. The van der Waals surface area contributed by atoms with Crippen molar-refractivity contribution in [1.29, 1.82) is 0 Å². The first kappa shape index (κ1) is 17.7. The maximum atomic E-state index is 12.9. The zero-order valence-electron chi connectivity index (χ0n) is 15.8. The molecule has 0 bridgehead atoms. The third-order valence-corrected chi connectivity index (χ3v) is 5.17. The predicted octanol–water partition coefficient (Wildman–Crippen LogP) is 2.05. The Kier molecular flexibility index (Phi) is 4.65. The molecule has 1 fully saturated rings. The first-order valence-corrected chi connectivity index (χ1v) is 9.05. The minimum absolute atomic E-state index is 0.108. The fourth-order valence-electron chi connectivity index (χ4n) is 3.69. The molecule has 1 atom stereocenters. The summed E-state index contributed by atoms with van der Waals surface area (Å²) in [6.45, 7) is 6.21. The third-order valence-electron chi connectivity index (χ3n) is 5.17. The Balaban J connectivity index is 1.47. The smallest absolute Gasteiger partial charge is 0.318 e. The number of nitrogens with one attached hydrogen (secondary N) is 1. The van der Waals surface area contributed by atoms with Crippen LogP contribution in [0.4, 0.5) is 4.79 Å². The highest BCUT2D eigenvalue weighted by Gasteiger charge is 2.32. The Labute approximate surface area is 158 Å². The number of aromatic nitrogens is 2. The van der Waals surface area contributed by atoms with Crippen LogP contribution < -0.4 is 14.8 Å². The average Bonchev–Trinajstić information content (AvgIpc) is 3.23. The number of fused-ring (bicyclic) bond motifs is 1. The van der Waals surface area contributed by atoms with E-state index in [1.165, 1.54) is 0 Å². The van der Waals surface area contributed by atoms with Crippen molar-refractivity contribution in [2.24, 2.45) is 7.05 Å². The van der Waals surface area contributed by atoms with E-state index in [-0.39, 0.29) is 18.9 Å². The number of benzene rings is 1. The van der Waals surface area contributed by atoms with E-state index in [2.05, 4.69) is 10.4 Å². The van der Waals surface area contributed by atoms with Gasteiger partial charge in [-0.15, -0.1) is 0 Å². The van der Waals surface area contributed by atoms with E-state index < -0.39 is 0 Å². The molecule has 0 spiro atoms. The summed E-state index contributed by atoms with van der Waals surface area (Å²) in [5, 5.41) is 7.50. The summed E-state index contributed by atoms with van der Waals surface area (Å²) in [5.41, 5.74) is 4.01. The maximum Gasteiger partial charge on any atom is 0.318 e. The highest BCUT2D eigenvalue weighted by atomic mass is 16.7. The minimum atomic E-state index is -0.135. The summed E-state index contributed by atoms with van der Waals surface area (Å²) in [7, 11) is 1.92. The molecule has 2 amide bonds. The average molecular weight is 372 g/mol. The van der Waals surface area contributed by atoms with Gasteiger partial charge in [0.25, 0.3) is 0 Å². The van der Waals surface area contributed by atoms with Crippen LogP contribution in [0, 0.1) is 13.8 Å². The molecule has 144 valence electrons. The van der Waals surface area contributed by atoms with Crippen LogP contribution in [0.5, 0.6) is 11.5 Å². The normalized spacial score (nSPS) is 18.6. The molecular formula is C19H24N4O4. The Bertz CT molecular complexity index is 864. The van der Waals surface area contributed by atoms with Gasteiger partial charge in [0, 0.05) is 31.4 Å². The van der Waals surface area contributed by atoms with Gasteiger partial charge in [0.05, 0.1) is 24.9 Å². The number of rotatable bonds is 3. The Morgan fingerprint density at radius 3 is 2.89 bits per heavy atom. The van der Waals surface area contributed by atoms with E-state index in [0.717, 1.165) is 28.3 Å². The Morgan fingerprint density at radius 2 is 2.11 bits per heavy atom. The van der Waals surface area contributed by atoms with Gasteiger partial charge >= 0.3 is 6.03 Å². The minimum Gasteiger partial charge on any atom is -0.454 e. The Hall–Kier alpha value is -2.74. The molecular weight excluding hydrogens is 348 g/mol. The molecule has 0 saturated carbocycles. The van der Waals surface area contributed by atoms with Crippen molar-refractivity contribution >= 4 is 6.03 Å². The van der Waals surface area contributed by atoms with Gasteiger partial charge in [-0.3, -0.25) is 4.68 Å². The maximum absolute atomic E-state index is 12.9. The summed E-state index contributed by atoms with van der Waals surface area (Å²) in [4.78, 5) is 14.7. The van der Waals surface area contributed by atoms with Gasteiger partial charge in [-0.1, -0.05) is 6.07 Å². The molecule has 0 aliphatic carbocycles. The van der Waals surface area contributed by atoms with E-state index in [4.69, 9.17) is 14.2 Å². The van der Waals surface area contributed by atoms with E-state index in [0.29, 0.717) is 32.1 Å². The van der Waals surface area contributed by atoms with Crippen molar-refractivity contribution < 1.29 is 19.0 Å². The number of urea groups is 1. The van der Waals surface area contributed by atoms with Gasteiger partial charge in [0.1, 0.15) is 0 Å². The van der Waals surface area contributed by atoms with Crippen LogP contribution in [-0.4, -0.2) is 47.3 Å². The second-order valence-corrected chi connectivity index (χ2v) is 6.84. The van der Waals surface area contributed by atoms with Crippen LogP contribution in [-0.2, 0) is 18.3 Å². The number of carbonyl (C=O) groups is 1. The number of morpholine rings is 1. The molecule has 1 N–H and O–H groups in total. The molecule has 0 radical (unpaired) electrons. The zero-order valence-corrected chi connectivity index (χ0v) is 15.8. The summed E-state index contributed by atoms with van der Waals surface area (Å²) in [5.74, 6) is 1.45. The Morgan fingerprint density at radius 1 is 1.30 bits per heavy atom. The lowest BCUT2D eigenvalue weighted by atomic mass is 10.0. The van der Waals surface area contributed by atoms with Crippen molar-refractivity contribution in [3.63, 3.8) is 0 Å². The summed E-state index contributed by atoms with van der Waals surface area (Å²) in [6.07, 6.45) is 0. The standard InChI is InChI=1S/C19H24N4O4/c1-12-18(13(2)22(3)21-12)15-10-25-7-6-23(15)19(24)20-9-14-4-5-16-17(8-14)27-11-26-16/h4-5,8,15H,6-7,9-11H2,1-3H3,(H,20,24)/t15-/m1/s1. The van der Waals surface area contributed by atoms with Crippen molar-refractivity contribution in [3.8, 4) is 11.5 Å². The van der Waals surface area contributed by atoms with Gasteiger partial charge < -0.3 is 24.4 Å². The molecule has 2 aliphatic heterocycles. The van der Waals surface area contributed by atoms with Crippen LogP contribution >= 0.6 is 0 Å². The van der Waals surface area contributed by atoms with Crippen molar-refractivity contribution in [2.45, 2.75) is 26.4 Å². The molecule has 2 aliphatic rings. The van der Waals surface area contributed by atoms with Crippen molar-refractivity contribution in [2.75, 3.05) is 26.6 Å². The molecule has 27 heavy (non-hydrogen) atoms. The molecule has 3 heterocycles. The molecule has 4 rings (SSSR count). The van der Waals surface area contributed by atoms with Crippen LogP contribution in [0.15, 0.2) is 18.2 Å². The van der Waals surface area contributed by atoms with Crippen LogP contribution in [0.1, 0.15) is 28.6 Å². The second-order valence-electron chi connectivity index (χ2n) is 6.84. The number of carbonyl (C=O) groups excluding carboxylic acids is 1. The van der Waals surface area contributed by atoms with Gasteiger partial charge in [0.2, 0.25) is 6.79 Å². The number of hydrogen-bond acceptors (Lipinski definition) is 5. The van der Waals surface area contributed by atoms with Gasteiger partial charge in [-0.2, -0.15) is 5.10 Å². The quantitative estimate of drug-likeness (QED) is 0.892. The zero-order chi connectivity index (χ0) is 19.0. The number of hydrogen-bond donors (Lipinski definition) is 1. The lowest BCUT2D eigenvalue weighted by Gasteiger charge is -2.36. The van der Waals surface area contributed by atoms with Crippen LogP contribution in [0.2, 0.25) is 0 Å². The molecule has 1 aromatic carbocycles. The second kappa shape index (κ2) is 7.11. The molecule has 1 saturated heterocycles. The predicted molar refractivity (Wildman–Crippen MR) is 97.7 cm³/mol. The number of amides is 2. The van der Waals surface area contributed by atoms with Gasteiger partial charge in [0.15, 0.2) is 11.5 Å². The topological polar surface area (TPSA) is 77.9 Å². The monoisotopic (exact) mass is 372 g/mol. The van der Waals surface area contributed by atoms with E-state index >= 15 is 0 Å². The lowest BCUT2D eigenvalue weighted by molar-refractivity contribution is 0.0111. The van der Waals surface area contributed by atoms with E-state index in [1.54, 1.807) is 0 Å². The number of aryl methyl sites for hydroxylation is 2. The first-order valence-electron chi connectivity index (χ1n) is 9.05. The highest BCUT2D eigenvalue weighted by Crippen LogP contribution is 2.33.